The highest BCUT2D eigenvalue weighted by Crippen LogP contribution is 2.43. The van der Waals surface area contributed by atoms with Crippen LogP contribution in [-0.2, 0) is 0 Å². The zero-order valence-electron chi connectivity index (χ0n) is 17.9. The first-order valence-corrected chi connectivity index (χ1v) is 11.5. The maximum absolute atomic E-state index is 6.32. The zero-order valence-corrected chi connectivity index (χ0v) is 18.7. The lowest BCUT2D eigenvalue weighted by Crippen LogP contribution is -2.28. The quantitative estimate of drug-likeness (QED) is 0.458. The highest BCUT2D eigenvalue weighted by Gasteiger charge is 2.30. The second-order valence-corrected chi connectivity index (χ2v) is 8.20. The van der Waals surface area contributed by atoms with E-state index in [-0.39, 0.29) is 0 Å². The third-order valence-corrected chi connectivity index (χ3v) is 6.48. The average molecular weight is 394 g/mol. The number of hydrogen-bond acceptors (Lipinski definition) is 3. The van der Waals surface area contributed by atoms with Crippen LogP contribution in [0.15, 0.2) is 18.2 Å². The van der Waals surface area contributed by atoms with Crippen molar-refractivity contribution in [2.45, 2.75) is 65.3 Å². The predicted octanol–water partition coefficient (Wildman–Crippen LogP) is 5.31. The van der Waals surface area contributed by atoms with Gasteiger partial charge >= 0.3 is 0 Å². The first-order chi connectivity index (χ1) is 13.1. The Balaban J connectivity index is 1.89. The fourth-order valence-corrected chi connectivity index (χ4v) is 4.62. The molecule has 3 nitrogen and oxygen atoms in total. The van der Waals surface area contributed by atoms with E-state index in [0.29, 0.717) is 12.0 Å². The van der Waals surface area contributed by atoms with Gasteiger partial charge in [0.1, 0.15) is 0 Å². The van der Waals surface area contributed by atoms with Crippen LogP contribution in [0, 0.1) is 0 Å². The monoisotopic (exact) mass is 393 g/mol. The molecule has 1 aliphatic carbocycles. The molecule has 2 unspecified atom stereocenters. The third kappa shape index (κ3) is 6.74. The maximum Gasteiger partial charge on any atom is 0.0409 e. The Labute approximate surface area is 172 Å². The van der Waals surface area contributed by atoms with Crippen molar-refractivity contribution < 1.29 is 0 Å². The molecule has 0 aliphatic heterocycles. The number of nitrogens with zero attached hydrogens (tertiary/aromatic N) is 2. The summed E-state index contributed by atoms with van der Waals surface area (Å²) >= 11 is 6.32. The van der Waals surface area contributed by atoms with E-state index in [0.717, 1.165) is 37.7 Å². The Hall–Kier alpha value is -0.610. The molecule has 0 amide bonds. The van der Waals surface area contributed by atoms with Crippen molar-refractivity contribution in [3.05, 3.63) is 34.3 Å². The van der Waals surface area contributed by atoms with Crippen molar-refractivity contribution in [2.24, 2.45) is 0 Å². The summed E-state index contributed by atoms with van der Waals surface area (Å²) in [5.41, 5.74) is 2.97. The van der Waals surface area contributed by atoms with Gasteiger partial charge in [-0.1, -0.05) is 45.4 Å². The highest BCUT2D eigenvalue weighted by molar-refractivity contribution is 6.30. The number of halogens is 1. The largest absolute Gasteiger partial charge is 0.310 e. The molecular formula is C23H40ClN3. The minimum atomic E-state index is 0.467. The van der Waals surface area contributed by atoms with Gasteiger partial charge in [-0.3, -0.25) is 0 Å². The second kappa shape index (κ2) is 12.1. The van der Waals surface area contributed by atoms with Gasteiger partial charge in [-0.25, -0.2) is 0 Å². The molecule has 1 aliphatic rings. The molecule has 0 saturated carbocycles. The molecule has 0 radical (unpaired) electrons. The van der Waals surface area contributed by atoms with E-state index in [9.17, 15) is 0 Å². The Morgan fingerprint density at radius 3 is 2.19 bits per heavy atom. The second-order valence-electron chi connectivity index (χ2n) is 7.76. The fourth-order valence-electron chi connectivity index (χ4n) is 4.44. The summed E-state index contributed by atoms with van der Waals surface area (Å²) in [7, 11) is 0. The molecular weight excluding hydrogens is 354 g/mol. The van der Waals surface area contributed by atoms with Gasteiger partial charge in [-0.05, 0) is 101 Å². The van der Waals surface area contributed by atoms with Gasteiger partial charge in [0.2, 0.25) is 0 Å². The molecule has 0 spiro atoms. The fraction of sp³-hybridized carbons (Fsp3) is 0.739. The molecule has 1 aromatic rings. The van der Waals surface area contributed by atoms with Crippen LogP contribution < -0.4 is 5.32 Å². The Morgan fingerprint density at radius 2 is 1.56 bits per heavy atom. The number of fused-ring (bicyclic) bond motifs is 1. The molecule has 0 fully saturated rings. The Morgan fingerprint density at radius 1 is 0.926 bits per heavy atom. The van der Waals surface area contributed by atoms with Crippen LogP contribution in [0.1, 0.15) is 76.5 Å². The summed E-state index contributed by atoms with van der Waals surface area (Å²) in [5, 5.41) is 4.69. The number of rotatable bonds is 13. The van der Waals surface area contributed by atoms with Crippen molar-refractivity contribution in [1.29, 1.82) is 0 Å². The van der Waals surface area contributed by atoms with Crippen LogP contribution in [0.4, 0.5) is 0 Å². The van der Waals surface area contributed by atoms with Crippen molar-refractivity contribution >= 4 is 11.6 Å². The molecule has 4 heteroatoms. The van der Waals surface area contributed by atoms with E-state index in [4.69, 9.17) is 11.6 Å². The molecule has 0 heterocycles. The van der Waals surface area contributed by atoms with E-state index >= 15 is 0 Å². The van der Waals surface area contributed by atoms with Gasteiger partial charge in [0, 0.05) is 11.1 Å². The summed E-state index contributed by atoms with van der Waals surface area (Å²) in [6.45, 7) is 17.1. The van der Waals surface area contributed by atoms with E-state index in [1.807, 2.05) is 0 Å². The smallest absolute Gasteiger partial charge is 0.0409 e. The normalized spacial score (nSPS) is 19.2. The molecule has 1 N–H and O–H groups in total. The van der Waals surface area contributed by atoms with E-state index < -0.39 is 0 Å². The lowest BCUT2D eigenvalue weighted by atomic mass is 9.96. The SMILES string of the molecule is CCN(CC)CCCNC1CC(CCCN(CC)CC)c2ccc(Cl)cc21. The Kier molecular flexibility index (Phi) is 10.1. The summed E-state index contributed by atoms with van der Waals surface area (Å²) < 4.78 is 0. The van der Waals surface area contributed by atoms with E-state index in [1.165, 1.54) is 49.9 Å². The van der Waals surface area contributed by atoms with Crippen LogP contribution in [0.25, 0.3) is 0 Å². The zero-order chi connectivity index (χ0) is 19.6. The molecule has 1 aromatic carbocycles. The number of hydrogen-bond donors (Lipinski definition) is 1. The van der Waals surface area contributed by atoms with Crippen LogP contribution >= 0.6 is 11.6 Å². The minimum Gasteiger partial charge on any atom is -0.310 e. The van der Waals surface area contributed by atoms with E-state index in [1.54, 1.807) is 0 Å². The lowest BCUT2D eigenvalue weighted by molar-refractivity contribution is 0.289. The van der Waals surface area contributed by atoms with Gasteiger partial charge in [0.15, 0.2) is 0 Å². The third-order valence-electron chi connectivity index (χ3n) is 6.24. The van der Waals surface area contributed by atoms with Crippen molar-refractivity contribution in [3.8, 4) is 0 Å². The standard InChI is InChI=1S/C23H40ClN3/c1-5-26(6-2)15-9-11-19-17-23(22-18-20(24)12-13-21(19)22)25-14-10-16-27(7-3)8-4/h12-13,18-19,23,25H,5-11,14-17H2,1-4H3. The summed E-state index contributed by atoms with van der Waals surface area (Å²) in [5.74, 6) is 0.674. The summed E-state index contributed by atoms with van der Waals surface area (Å²) in [6, 6.07) is 7.01. The lowest BCUT2D eigenvalue weighted by Gasteiger charge is -2.20. The summed E-state index contributed by atoms with van der Waals surface area (Å²) in [6.07, 6.45) is 4.99. The van der Waals surface area contributed by atoms with Crippen molar-refractivity contribution in [2.75, 3.05) is 45.8 Å². The maximum atomic E-state index is 6.32. The van der Waals surface area contributed by atoms with Crippen molar-refractivity contribution in [3.63, 3.8) is 0 Å². The molecule has 2 rings (SSSR count). The van der Waals surface area contributed by atoms with Crippen LogP contribution in [0.2, 0.25) is 5.02 Å². The van der Waals surface area contributed by atoms with E-state index in [2.05, 4.69) is 61.0 Å². The van der Waals surface area contributed by atoms with Crippen molar-refractivity contribution in [1.82, 2.24) is 15.1 Å². The van der Waals surface area contributed by atoms with Gasteiger partial charge in [0.25, 0.3) is 0 Å². The predicted molar refractivity (Wildman–Crippen MR) is 119 cm³/mol. The number of benzene rings is 1. The first-order valence-electron chi connectivity index (χ1n) is 11.1. The van der Waals surface area contributed by atoms with Crippen LogP contribution in [-0.4, -0.2) is 55.6 Å². The molecule has 0 bridgehead atoms. The molecule has 2 atom stereocenters. The number of nitrogens with one attached hydrogen (secondary N) is 1. The van der Waals surface area contributed by atoms with Gasteiger partial charge in [-0.2, -0.15) is 0 Å². The first kappa shape index (κ1) is 22.7. The van der Waals surface area contributed by atoms with Crippen LogP contribution in [0.3, 0.4) is 0 Å². The summed E-state index contributed by atoms with van der Waals surface area (Å²) in [4.78, 5) is 5.03. The molecule has 27 heavy (non-hydrogen) atoms. The minimum absolute atomic E-state index is 0.467. The Bertz CT molecular complexity index is 540. The topological polar surface area (TPSA) is 18.5 Å². The van der Waals surface area contributed by atoms with Gasteiger partial charge in [-0.15, -0.1) is 0 Å². The van der Waals surface area contributed by atoms with Crippen LogP contribution in [0.5, 0.6) is 0 Å². The van der Waals surface area contributed by atoms with Gasteiger partial charge < -0.3 is 15.1 Å². The molecule has 0 aromatic heterocycles. The molecule has 0 saturated heterocycles. The highest BCUT2D eigenvalue weighted by atomic mass is 35.5. The molecule has 154 valence electrons. The average Bonchev–Trinajstić information content (AvgIpc) is 3.02. The van der Waals surface area contributed by atoms with Gasteiger partial charge in [0.05, 0.1) is 0 Å².